The van der Waals surface area contributed by atoms with Crippen molar-refractivity contribution in [2.45, 2.75) is 39.3 Å². The molecule has 0 saturated heterocycles. The van der Waals surface area contributed by atoms with Crippen LogP contribution in [0, 0.1) is 22.9 Å². The summed E-state index contributed by atoms with van der Waals surface area (Å²) in [5, 5.41) is 4.68. The molecule has 56 heavy (non-hydrogen) atoms. The molecule has 2 aliphatic rings. The van der Waals surface area contributed by atoms with E-state index < -0.39 is 16.1 Å². The van der Waals surface area contributed by atoms with Crippen LogP contribution in [0.1, 0.15) is 33.9 Å². The van der Waals surface area contributed by atoms with Gasteiger partial charge in [0, 0.05) is 22.2 Å². The van der Waals surface area contributed by atoms with Crippen LogP contribution in [0.3, 0.4) is 0 Å². The number of fused-ring (bicyclic) bond motifs is 10. The smallest absolute Gasteiger partial charge is 0.129 e. The Morgan fingerprint density at radius 2 is 0.786 bits per heavy atom. The molecule has 0 unspecified atom stereocenters. The summed E-state index contributed by atoms with van der Waals surface area (Å²) in [4.78, 5) is 18.5. The molecular formula is C50H42N4Si2. The maximum atomic E-state index is 5.42. The van der Waals surface area contributed by atoms with Gasteiger partial charge in [-0.15, -0.1) is 11.1 Å². The van der Waals surface area contributed by atoms with Crippen molar-refractivity contribution in [3.05, 3.63) is 143 Å². The quantitative estimate of drug-likeness (QED) is 0.136. The summed E-state index contributed by atoms with van der Waals surface area (Å²) in [6.45, 7) is 13.7. The molecule has 0 aliphatic carbocycles. The van der Waals surface area contributed by atoms with Crippen molar-refractivity contribution in [2.24, 2.45) is 0 Å². The van der Waals surface area contributed by atoms with Crippen molar-refractivity contribution in [3.63, 3.8) is 0 Å². The van der Waals surface area contributed by atoms with E-state index in [4.69, 9.17) is 9.97 Å². The van der Waals surface area contributed by atoms with Crippen LogP contribution in [0.25, 0.3) is 90.2 Å². The van der Waals surface area contributed by atoms with Gasteiger partial charge in [0.05, 0.1) is 44.9 Å². The summed E-state index contributed by atoms with van der Waals surface area (Å²) in [6, 6.07) is 38.7. The van der Waals surface area contributed by atoms with Crippen LogP contribution in [-0.4, -0.2) is 36.1 Å². The third kappa shape index (κ3) is 6.75. The highest BCUT2D eigenvalue weighted by Gasteiger charge is 2.19. The first-order valence-electron chi connectivity index (χ1n) is 19.2. The molecule has 4 nitrogen and oxygen atoms in total. The third-order valence-electron chi connectivity index (χ3n) is 10.00. The first kappa shape index (κ1) is 35.3. The van der Waals surface area contributed by atoms with Crippen LogP contribution in [0.5, 0.6) is 0 Å². The highest BCUT2D eigenvalue weighted by molar-refractivity contribution is 6.84. The predicted molar refractivity (Wildman–Crippen MR) is 245 cm³/mol. The van der Waals surface area contributed by atoms with Gasteiger partial charge in [-0.2, -0.15) is 0 Å². The summed E-state index contributed by atoms with van der Waals surface area (Å²) in [5.74, 6) is 7.27. The summed E-state index contributed by atoms with van der Waals surface area (Å²) < 4.78 is 0. The maximum absolute atomic E-state index is 5.42. The van der Waals surface area contributed by atoms with Crippen LogP contribution in [0.15, 0.2) is 109 Å². The van der Waals surface area contributed by atoms with Crippen molar-refractivity contribution in [3.8, 4) is 45.2 Å². The summed E-state index contributed by atoms with van der Waals surface area (Å²) in [6.07, 6.45) is 8.51. The van der Waals surface area contributed by atoms with Gasteiger partial charge < -0.3 is 9.97 Å². The number of hydrogen-bond acceptors (Lipinski definition) is 2. The van der Waals surface area contributed by atoms with Gasteiger partial charge in [-0.3, -0.25) is 0 Å². The van der Waals surface area contributed by atoms with Gasteiger partial charge in [0.2, 0.25) is 0 Å². The zero-order valence-corrected chi connectivity index (χ0v) is 34.6. The molecule has 9 rings (SSSR count). The Balaban J connectivity index is 1.48. The third-order valence-corrected chi connectivity index (χ3v) is 11.7. The second-order valence-corrected chi connectivity index (χ2v) is 26.1. The van der Waals surface area contributed by atoms with Gasteiger partial charge in [-0.05, 0) is 81.2 Å². The van der Waals surface area contributed by atoms with E-state index in [0.717, 1.165) is 78.2 Å². The van der Waals surface area contributed by atoms with Gasteiger partial charge >= 0.3 is 0 Å². The SMILES string of the molecule is C[Si](C)(C)C#Cc1c2nc(c(-c3cccc4ccccc34)c3ccc([nH]3)c(C#C[Si](C)(C)C)c3nc(c(-c4cccc5ccccc45)c4ccc1[nH]4)C=C3)C=C2. The normalized spacial score (nSPS) is 12.4. The lowest BCUT2D eigenvalue weighted by molar-refractivity contribution is 1.30. The Hall–Kier alpha value is -6.45. The monoisotopic (exact) mass is 754 g/mol. The van der Waals surface area contributed by atoms with E-state index in [2.05, 4.69) is 206 Å². The van der Waals surface area contributed by atoms with Gasteiger partial charge in [0.25, 0.3) is 0 Å². The molecule has 2 aliphatic heterocycles. The molecule has 6 heteroatoms. The number of nitrogens with zero attached hydrogens (tertiary/aromatic N) is 2. The molecule has 4 aromatic carbocycles. The second kappa shape index (κ2) is 13.7. The number of rotatable bonds is 2. The molecule has 7 aromatic rings. The number of nitrogens with one attached hydrogen (secondary N) is 2. The van der Waals surface area contributed by atoms with E-state index in [1.54, 1.807) is 0 Å². The largest absolute Gasteiger partial charge is 0.354 e. The van der Waals surface area contributed by atoms with E-state index in [1.807, 2.05) is 0 Å². The Labute approximate surface area is 330 Å². The Bertz CT molecular complexity index is 2900. The van der Waals surface area contributed by atoms with E-state index >= 15 is 0 Å². The van der Waals surface area contributed by atoms with Crippen molar-refractivity contribution >= 4 is 84.1 Å². The van der Waals surface area contributed by atoms with Gasteiger partial charge in [0.15, 0.2) is 0 Å². The topological polar surface area (TPSA) is 57.4 Å². The molecule has 0 amide bonds. The average molecular weight is 755 g/mol. The highest BCUT2D eigenvalue weighted by atomic mass is 28.3. The Morgan fingerprint density at radius 3 is 1.21 bits per heavy atom. The fraction of sp³-hybridized carbons (Fsp3) is 0.120. The number of aromatic amines is 2. The van der Waals surface area contributed by atoms with E-state index in [1.165, 1.54) is 21.5 Å². The van der Waals surface area contributed by atoms with Gasteiger partial charge in [-0.25, -0.2) is 9.97 Å². The molecule has 2 N–H and O–H groups in total. The first-order chi connectivity index (χ1) is 27.0. The molecular weight excluding hydrogens is 713 g/mol. The zero-order chi connectivity index (χ0) is 38.6. The number of benzene rings is 4. The molecule has 0 spiro atoms. The maximum Gasteiger partial charge on any atom is 0.129 e. The van der Waals surface area contributed by atoms with E-state index in [0.29, 0.717) is 0 Å². The predicted octanol–water partition coefficient (Wildman–Crippen LogP) is 12.8. The zero-order valence-electron chi connectivity index (χ0n) is 32.6. The molecule has 0 atom stereocenters. The van der Waals surface area contributed by atoms with Crippen LogP contribution >= 0.6 is 0 Å². The number of aromatic nitrogens is 4. The van der Waals surface area contributed by atoms with Crippen molar-refractivity contribution in [2.75, 3.05) is 0 Å². The molecule has 0 fully saturated rings. The summed E-state index contributed by atoms with van der Waals surface area (Å²) in [7, 11) is -3.51. The van der Waals surface area contributed by atoms with Crippen LogP contribution in [0.4, 0.5) is 0 Å². The summed E-state index contributed by atoms with van der Waals surface area (Å²) >= 11 is 0. The Kier molecular flexibility index (Phi) is 8.62. The van der Waals surface area contributed by atoms with E-state index in [9.17, 15) is 0 Å². The highest BCUT2D eigenvalue weighted by Crippen LogP contribution is 2.38. The van der Waals surface area contributed by atoms with Crippen LogP contribution < -0.4 is 0 Å². The van der Waals surface area contributed by atoms with Crippen LogP contribution in [-0.2, 0) is 0 Å². The number of hydrogen-bond donors (Lipinski definition) is 2. The standard InChI is InChI=1S/C50H42N4Si2/c1-55(2,3)31-29-39-41-21-25-45(51-41)49(37-19-11-15-33-13-7-9-17-35(33)37)47-27-23-43(53-47)40(30-32-56(4,5)6)44-24-28-48(54-44)50(46-26-22-42(39)52-46)38-20-12-16-34-14-8-10-18-36(34)38/h7-28,51,54H,1-6H3. The molecule has 5 heterocycles. The van der Waals surface area contributed by atoms with E-state index in [-0.39, 0.29) is 0 Å². The Morgan fingerprint density at radius 1 is 0.411 bits per heavy atom. The van der Waals surface area contributed by atoms with Crippen LogP contribution in [0.2, 0.25) is 39.3 Å². The van der Waals surface area contributed by atoms with Crippen molar-refractivity contribution in [1.82, 2.24) is 19.9 Å². The lowest BCUT2D eigenvalue weighted by Gasteiger charge is -2.09. The fourth-order valence-electron chi connectivity index (χ4n) is 7.42. The van der Waals surface area contributed by atoms with Crippen molar-refractivity contribution < 1.29 is 0 Å². The molecule has 0 radical (unpaired) electrons. The minimum atomic E-state index is -1.75. The molecule has 270 valence electrons. The fourth-order valence-corrected chi connectivity index (χ4v) is 8.42. The first-order valence-corrected chi connectivity index (χ1v) is 26.2. The molecule has 3 aromatic heterocycles. The van der Waals surface area contributed by atoms with Gasteiger partial charge in [-0.1, -0.05) is 136 Å². The molecule has 0 saturated carbocycles. The second-order valence-electron chi connectivity index (χ2n) is 16.6. The average Bonchev–Trinajstić information content (AvgIpc) is 4.01. The van der Waals surface area contributed by atoms with Crippen molar-refractivity contribution in [1.29, 1.82) is 0 Å². The molecule has 8 bridgehead atoms. The minimum absolute atomic E-state index is 0.837. The number of H-pyrrole nitrogens is 2. The van der Waals surface area contributed by atoms with Gasteiger partial charge in [0.1, 0.15) is 16.1 Å². The summed E-state index contributed by atoms with van der Waals surface area (Å²) in [5.41, 5.74) is 20.5. The minimum Gasteiger partial charge on any atom is -0.354 e. The lowest BCUT2D eigenvalue weighted by atomic mass is 9.97. The lowest BCUT2D eigenvalue weighted by Crippen LogP contribution is -2.16.